The van der Waals surface area contributed by atoms with Gasteiger partial charge >= 0.3 is 11.9 Å². The van der Waals surface area contributed by atoms with E-state index in [4.69, 9.17) is 9.47 Å². The van der Waals surface area contributed by atoms with Crippen LogP contribution in [0.3, 0.4) is 0 Å². The van der Waals surface area contributed by atoms with Crippen molar-refractivity contribution in [2.45, 2.75) is 53.0 Å². The maximum atomic E-state index is 14.3. The van der Waals surface area contributed by atoms with Gasteiger partial charge in [0.2, 0.25) is 0 Å². The molecule has 0 saturated carbocycles. The van der Waals surface area contributed by atoms with E-state index in [2.05, 4.69) is 43.0 Å². The first kappa shape index (κ1) is 30.4. The monoisotopic (exact) mass is 543 g/mol. The molecule has 0 bridgehead atoms. The molecule has 3 rings (SSSR count). The standard InChI is InChI=1S/C34H38FNO4/c1-5-7-8-26-9-11-27(12-10-26)13-14-28-15-17-29(18-16-28)24-36(22-21-25(3)33(37)40-6-2)30-19-20-32(35)31(23-30)34(38)39-4/h9-12,15-20,23,25H,5-8,21-22,24H2,1-4H3. The largest absolute Gasteiger partial charge is 0.466 e. The smallest absolute Gasteiger partial charge is 0.340 e. The molecule has 0 heterocycles. The Hall–Kier alpha value is -4.11. The van der Waals surface area contributed by atoms with Gasteiger partial charge in [-0.05, 0) is 79.8 Å². The van der Waals surface area contributed by atoms with Crippen LogP contribution in [0.25, 0.3) is 0 Å². The Bertz CT molecular complexity index is 1320. The summed E-state index contributed by atoms with van der Waals surface area (Å²) in [5, 5.41) is 0. The molecule has 0 spiro atoms. The molecule has 40 heavy (non-hydrogen) atoms. The predicted molar refractivity (Wildman–Crippen MR) is 157 cm³/mol. The lowest BCUT2D eigenvalue weighted by Gasteiger charge is -2.27. The van der Waals surface area contributed by atoms with Gasteiger partial charge in [-0.15, -0.1) is 0 Å². The molecule has 1 atom stereocenters. The van der Waals surface area contributed by atoms with Crippen LogP contribution >= 0.6 is 0 Å². The average molecular weight is 544 g/mol. The van der Waals surface area contributed by atoms with E-state index in [0.717, 1.165) is 23.1 Å². The first-order valence-corrected chi connectivity index (χ1v) is 13.8. The number of nitrogens with zero attached hydrogens (tertiary/aromatic N) is 1. The summed E-state index contributed by atoms with van der Waals surface area (Å²) in [5.41, 5.74) is 4.74. The fourth-order valence-corrected chi connectivity index (χ4v) is 4.22. The van der Waals surface area contributed by atoms with Crippen molar-refractivity contribution in [1.29, 1.82) is 0 Å². The van der Waals surface area contributed by atoms with Gasteiger partial charge in [0.25, 0.3) is 0 Å². The van der Waals surface area contributed by atoms with Crippen LogP contribution in [0.1, 0.15) is 72.6 Å². The maximum Gasteiger partial charge on any atom is 0.340 e. The second-order valence-corrected chi connectivity index (χ2v) is 9.77. The van der Waals surface area contributed by atoms with Crippen LogP contribution in [-0.4, -0.2) is 32.2 Å². The van der Waals surface area contributed by atoms with Crippen LogP contribution in [0.4, 0.5) is 10.1 Å². The molecule has 0 aliphatic rings. The highest BCUT2D eigenvalue weighted by atomic mass is 19.1. The van der Waals surface area contributed by atoms with E-state index in [0.29, 0.717) is 31.8 Å². The first-order chi connectivity index (χ1) is 19.3. The van der Waals surface area contributed by atoms with Crippen molar-refractivity contribution in [3.8, 4) is 11.8 Å². The Morgan fingerprint density at radius 2 is 1.55 bits per heavy atom. The zero-order valence-corrected chi connectivity index (χ0v) is 23.8. The number of carbonyl (C=O) groups is 2. The summed E-state index contributed by atoms with van der Waals surface area (Å²) >= 11 is 0. The number of ether oxygens (including phenoxy) is 2. The van der Waals surface area contributed by atoms with E-state index < -0.39 is 11.8 Å². The molecular formula is C34H38FNO4. The molecule has 5 nitrogen and oxygen atoms in total. The molecule has 0 aliphatic carbocycles. The SMILES string of the molecule is CCCCc1ccc(C#Cc2ccc(CN(CCC(C)C(=O)OCC)c3ccc(F)c(C(=O)OC)c3)cc2)cc1. The van der Waals surface area contributed by atoms with E-state index in [9.17, 15) is 14.0 Å². The maximum absolute atomic E-state index is 14.3. The normalized spacial score (nSPS) is 11.2. The second-order valence-electron chi connectivity index (χ2n) is 9.77. The highest BCUT2D eigenvalue weighted by Gasteiger charge is 2.19. The summed E-state index contributed by atoms with van der Waals surface area (Å²) in [7, 11) is 1.22. The van der Waals surface area contributed by atoms with Crippen molar-refractivity contribution in [3.63, 3.8) is 0 Å². The van der Waals surface area contributed by atoms with Crippen LogP contribution in [0, 0.1) is 23.6 Å². The third-order valence-corrected chi connectivity index (χ3v) is 6.69. The number of methoxy groups -OCH3 is 1. The van der Waals surface area contributed by atoms with Crippen LogP contribution in [0.2, 0.25) is 0 Å². The fraction of sp³-hybridized carbons (Fsp3) is 0.353. The number of rotatable bonds is 12. The molecule has 6 heteroatoms. The summed E-state index contributed by atoms with van der Waals surface area (Å²) in [4.78, 5) is 26.3. The number of unbranched alkanes of at least 4 members (excludes halogenated alkanes) is 1. The van der Waals surface area contributed by atoms with E-state index in [1.54, 1.807) is 13.0 Å². The van der Waals surface area contributed by atoms with Crippen LogP contribution < -0.4 is 4.90 Å². The number of hydrogen-bond donors (Lipinski definition) is 0. The Balaban J connectivity index is 1.76. The Morgan fingerprint density at radius 1 is 0.925 bits per heavy atom. The van der Waals surface area contributed by atoms with E-state index in [1.165, 1.54) is 37.6 Å². The Kier molecular flexibility index (Phi) is 11.8. The van der Waals surface area contributed by atoms with Gasteiger partial charge in [0, 0.05) is 29.9 Å². The van der Waals surface area contributed by atoms with E-state index >= 15 is 0 Å². The lowest BCUT2D eigenvalue weighted by atomic mass is 10.1. The zero-order chi connectivity index (χ0) is 28.9. The highest BCUT2D eigenvalue weighted by molar-refractivity contribution is 5.90. The van der Waals surface area contributed by atoms with Gasteiger partial charge in [0.05, 0.1) is 25.2 Å². The number of benzene rings is 3. The number of hydrogen-bond acceptors (Lipinski definition) is 5. The Morgan fingerprint density at radius 3 is 2.12 bits per heavy atom. The highest BCUT2D eigenvalue weighted by Crippen LogP contribution is 2.23. The van der Waals surface area contributed by atoms with Crippen molar-refractivity contribution in [1.82, 2.24) is 0 Å². The van der Waals surface area contributed by atoms with Gasteiger partial charge in [-0.25, -0.2) is 9.18 Å². The van der Waals surface area contributed by atoms with Gasteiger partial charge in [-0.1, -0.05) is 56.4 Å². The van der Waals surface area contributed by atoms with Gasteiger partial charge in [0.1, 0.15) is 5.82 Å². The average Bonchev–Trinajstić information content (AvgIpc) is 2.98. The first-order valence-electron chi connectivity index (χ1n) is 13.8. The summed E-state index contributed by atoms with van der Waals surface area (Å²) in [5.74, 6) is 4.51. The molecule has 0 aliphatic heterocycles. The lowest BCUT2D eigenvalue weighted by molar-refractivity contribution is -0.147. The number of halogens is 1. The third kappa shape index (κ3) is 8.98. The van der Waals surface area contributed by atoms with Crippen LogP contribution in [-0.2, 0) is 27.2 Å². The molecule has 1 unspecified atom stereocenters. The van der Waals surface area contributed by atoms with Gasteiger partial charge in [0.15, 0.2) is 0 Å². The van der Waals surface area contributed by atoms with Crippen molar-refractivity contribution in [3.05, 3.63) is 100 Å². The number of aryl methyl sites for hydroxylation is 1. The molecule has 0 aromatic heterocycles. The second kappa shape index (κ2) is 15.5. The van der Waals surface area contributed by atoms with Crippen LogP contribution in [0.15, 0.2) is 66.7 Å². The molecule has 210 valence electrons. The molecular weight excluding hydrogens is 505 g/mol. The molecule has 0 N–H and O–H groups in total. The molecule has 3 aromatic carbocycles. The summed E-state index contributed by atoms with van der Waals surface area (Å²) in [6.45, 7) is 7.12. The fourth-order valence-electron chi connectivity index (χ4n) is 4.22. The van der Waals surface area contributed by atoms with Crippen molar-refractivity contribution in [2.24, 2.45) is 5.92 Å². The minimum atomic E-state index is -0.738. The topological polar surface area (TPSA) is 55.8 Å². The summed E-state index contributed by atoms with van der Waals surface area (Å²) < 4.78 is 24.2. The van der Waals surface area contributed by atoms with Gasteiger partial charge in [-0.3, -0.25) is 4.79 Å². The molecule has 0 radical (unpaired) electrons. The molecule has 0 amide bonds. The number of carbonyl (C=O) groups excluding carboxylic acids is 2. The van der Waals surface area contributed by atoms with Gasteiger partial charge < -0.3 is 14.4 Å². The number of esters is 2. The van der Waals surface area contributed by atoms with E-state index in [1.807, 2.05) is 36.1 Å². The summed E-state index contributed by atoms with van der Waals surface area (Å²) in [6, 6.07) is 20.7. The predicted octanol–water partition coefficient (Wildman–Crippen LogP) is 6.95. The minimum Gasteiger partial charge on any atom is -0.466 e. The zero-order valence-electron chi connectivity index (χ0n) is 23.8. The minimum absolute atomic E-state index is 0.132. The molecule has 0 fully saturated rings. The third-order valence-electron chi connectivity index (χ3n) is 6.69. The summed E-state index contributed by atoms with van der Waals surface area (Å²) in [6.07, 6.45) is 3.99. The van der Waals surface area contributed by atoms with Crippen LogP contribution in [0.5, 0.6) is 0 Å². The quantitative estimate of drug-likeness (QED) is 0.183. The molecule has 3 aromatic rings. The Labute approximate surface area is 237 Å². The van der Waals surface area contributed by atoms with Gasteiger partial charge in [-0.2, -0.15) is 0 Å². The van der Waals surface area contributed by atoms with Crippen molar-refractivity contribution >= 4 is 17.6 Å². The van der Waals surface area contributed by atoms with Crippen molar-refractivity contribution < 1.29 is 23.5 Å². The molecule has 0 saturated heterocycles. The van der Waals surface area contributed by atoms with E-state index in [-0.39, 0.29) is 17.5 Å². The van der Waals surface area contributed by atoms with Crippen molar-refractivity contribution in [2.75, 3.05) is 25.2 Å². The number of anilines is 1. The lowest BCUT2D eigenvalue weighted by Crippen LogP contribution is -2.28.